The summed E-state index contributed by atoms with van der Waals surface area (Å²) in [4.78, 5) is 4.10. The lowest BCUT2D eigenvalue weighted by Crippen LogP contribution is -2.02. The Balaban J connectivity index is 2.52. The molecule has 1 rings (SSSR count). The van der Waals surface area contributed by atoms with Crippen molar-refractivity contribution in [3.8, 4) is 0 Å². The number of hydrogen-bond donors (Lipinski definition) is 1. The predicted octanol–water partition coefficient (Wildman–Crippen LogP) is 2.05. The number of halogens is 1. The van der Waals surface area contributed by atoms with Crippen LogP contribution in [-0.2, 0) is 6.42 Å². The molecule has 1 atom stereocenters. The molecular weight excluding hydrogens is 174 g/mol. The molecule has 0 radical (unpaired) electrons. The van der Waals surface area contributed by atoms with Crippen molar-refractivity contribution in [1.29, 1.82) is 0 Å². The maximum Gasteiger partial charge on any atom is 0.129 e. The molecule has 0 bridgehead atoms. The van der Waals surface area contributed by atoms with Crippen molar-refractivity contribution >= 4 is 11.6 Å². The summed E-state index contributed by atoms with van der Waals surface area (Å²) in [7, 11) is 0. The predicted molar refractivity (Wildman–Crippen MR) is 49.2 cm³/mol. The minimum Gasteiger partial charge on any atom is -0.393 e. The third kappa shape index (κ3) is 3.20. The van der Waals surface area contributed by atoms with Crippen LogP contribution in [0.1, 0.15) is 19.0 Å². The molecule has 0 aromatic carbocycles. The van der Waals surface area contributed by atoms with Gasteiger partial charge in [0.1, 0.15) is 5.15 Å². The molecule has 0 spiro atoms. The van der Waals surface area contributed by atoms with Crippen molar-refractivity contribution in [2.75, 3.05) is 0 Å². The number of aliphatic hydroxyl groups excluding tert-OH is 1. The van der Waals surface area contributed by atoms with E-state index in [0.717, 1.165) is 18.5 Å². The first-order chi connectivity index (χ1) is 5.68. The van der Waals surface area contributed by atoms with Crippen LogP contribution in [0.4, 0.5) is 0 Å². The lowest BCUT2D eigenvalue weighted by atomic mass is 10.1. The number of aromatic nitrogens is 1. The summed E-state index contributed by atoms with van der Waals surface area (Å²) in [5, 5.41) is 9.53. The van der Waals surface area contributed by atoms with Crippen molar-refractivity contribution < 1.29 is 5.11 Å². The molecule has 2 nitrogen and oxygen atoms in total. The van der Waals surface area contributed by atoms with E-state index >= 15 is 0 Å². The van der Waals surface area contributed by atoms with Gasteiger partial charge in [-0.25, -0.2) is 4.98 Å². The number of rotatable bonds is 3. The van der Waals surface area contributed by atoms with Gasteiger partial charge in [-0.2, -0.15) is 0 Å². The van der Waals surface area contributed by atoms with Gasteiger partial charge in [0.25, 0.3) is 0 Å². The van der Waals surface area contributed by atoms with Crippen molar-refractivity contribution in [3.05, 3.63) is 29.0 Å². The van der Waals surface area contributed by atoms with Gasteiger partial charge in [-0.05, 0) is 31.9 Å². The lowest BCUT2D eigenvalue weighted by molar-refractivity contribution is 0.184. The van der Waals surface area contributed by atoms with E-state index in [0.29, 0.717) is 5.15 Å². The largest absolute Gasteiger partial charge is 0.393 e. The zero-order valence-electron chi connectivity index (χ0n) is 7.00. The second-order valence-electron chi connectivity index (χ2n) is 2.84. The summed E-state index contributed by atoms with van der Waals surface area (Å²) in [6.45, 7) is 1.77. The minimum atomic E-state index is -0.272. The van der Waals surface area contributed by atoms with E-state index in [1.165, 1.54) is 0 Å². The van der Waals surface area contributed by atoms with Crippen LogP contribution in [0.25, 0.3) is 0 Å². The Morgan fingerprint density at radius 2 is 2.33 bits per heavy atom. The van der Waals surface area contributed by atoms with E-state index < -0.39 is 0 Å². The van der Waals surface area contributed by atoms with Crippen molar-refractivity contribution in [1.82, 2.24) is 4.98 Å². The molecule has 3 heteroatoms. The van der Waals surface area contributed by atoms with Crippen molar-refractivity contribution in [2.45, 2.75) is 25.9 Å². The van der Waals surface area contributed by atoms with Crippen LogP contribution in [0, 0.1) is 0 Å². The van der Waals surface area contributed by atoms with Gasteiger partial charge < -0.3 is 5.11 Å². The average Bonchev–Trinajstić information content (AvgIpc) is 2.01. The van der Waals surface area contributed by atoms with E-state index in [2.05, 4.69) is 4.98 Å². The topological polar surface area (TPSA) is 33.1 Å². The third-order valence-corrected chi connectivity index (χ3v) is 1.80. The Hall–Kier alpha value is -0.600. The lowest BCUT2D eigenvalue weighted by Gasteiger charge is -2.02. The fourth-order valence-electron chi connectivity index (χ4n) is 0.946. The first-order valence-electron chi connectivity index (χ1n) is 3.98. The molecule has 66 valence electrons. The molecule has 1 aromatic rings. The number of pyridine rings is 1. The van der Waals surface area contributed by atoms with Gasteiger partial charge in [0.2, 0.25) is 0 Å². The summed E-state index contributed by atoms with van der Waals surface area (Å²) >= 11 is 5.69. The van der Waals surface area contributed by atoms with Gasteiger partial charge in [-0.1, -0.05) is 17.7 Å². The van der Waals surface area contributed by atoms with Crippen molar-refractivity contribution in [2.24, 2.45) is 0 Å². The zero-order valence-corrected chi connectivity index (χ0v) is 7.75. The second-order valence-corrected chi connectivity index (χ2v) is 3.23. The molecular formula is C9H12ClNO. The SMILES string of the molecule is C[C@@H](O)CCc1cccc(Cl)n1. The van der Waals surface area contributed by atoms with Crippen LogP contribution in [0.2, 0.25) is 5.15 Å². The molecule has 0 unspecified atom stereocenters. The van der Waals surface area contributed by atoms with Gasteiger partial charge in [-0.15, -0.1) is 0 Å². The van der Waals surface area contributed by atoms with Gasteiger partial charge >= 0.3 is 0 Å². The molecule has 0 amide bonds. The Labute approximate surface area is 77.2 Å². The Morgan fingerprint density at radius 1 is 1.58 bits per heavy atom. The van der Waals surface area contributed by atoms with Gasteiger partial charge in [0, 0.05) is 5.69 Å². The number of aryl methyl sites for hydroxylation is 1. The summed E-state index contributed by atoms with van der Waals surface area (Å²) in [5.41, 5.74) is 0.934. The highest BCUT2D eigenvalue weighted by molar-refractivity contribution is 6.29. The van der Waals surface area contributed by atoms with Gasteiger partial charge in [-0.3, -0.25) is 0 Å². The average molecular weight is 186 g/mol. The van der Waals surface area contributed by atoms with E-state index in [1.54, 1.807) is 13.0 Å². The van der Waals surface area contributed by atoms with Gasteiger partial charge in [0.05, 0.1) is 6.10 Å². The van der Waals surface area contributed by atoms with Crippen LogP contribution in [0.15, 0.2) is 18.2 Å². The zero-order chi connectivity index (χ0) is 8.97. The smallest absolute Gasteiger partial charge is 0.129 e. The highest BCUT2D eigenvalue weighted by Gasteiger charge is 1.99. The molecule has 1 heterocycles. The maximum atomic E-state index is 9.02. The Bertz CT molecular complexity index is 250. The number of nitrogens with zero attached hydrogens (tertiary/aromatic N) is 1. The number of hydrogen-bond acceptors (Lipinski definition) is 2. The summed E-state index contributed by atoms with van der Waals surface area (Å²) in [5.74, 6) is 0. The molecule has 0 saturated carbocycles. The van der Waals surface area contributed by atoms with Crippen molar-refractivity contribution in [3.63, 3.8) is 0 Å². The van der Waals surface area contributed by atoms with Gasteiger partial charge in [0.15, 0.2) is 0 Å². The fourth-order valence-corrected chi connectivity index (χ4v) is 1.13. The molecule has 0 saturated heterocycles. The molecule has 1 N–H and O–H groups in total. The molecule has 0 aliphatic rings. The Kier molecular flexibility index (Phi) is 3.50. The third-order valence-electron chi connectivity index (χ3n) is 1.59. The van der Waals surface area contributed by atoms with Crippen LogP contribution >= 0.6 is 11.6 Å². The molecule has 0 fully saturated rings. The Morgan fingerprint density at radius 3 is 2.92 bits per heavy atom. The first kappa shape index (κ1) is 9.49. The number of aliphatic hydroxyl groups is 1. The highest BCUT2D eigenvalue weighted by Crippen LogP contribution is 2.07. The van der Waals surface area contributed by atoms with Crippen LogP contribution in [0.3, 0.4) is 0 Å². The van der Waals surface area contributed by atoms with Crippen LogP contribution in [0.5, 0.6) is 0 Å². The summed E-state index contributed by atoms with van der Waals surface area (Å²) < 4.78 is 0. The maximum absolute atomic E-state index is 9.02. The fraction of sp³-hybridized carbons (Fsp3) is 0.444. The highest BCUT2D eigenvalue weighted by atomic mass is 35.5. The molecule has 0 aliphatic carbocycles. The van der Waals surface area contributed by atoms with E-state index in [4.69, 9.17) is 16.7 Å². The quantitative estimate of drug-likeness (QED) is 0.732. The standard InChI is InChI=1S/C9H12ClNO/c1-7(12)5-6-8-3-2-4-9(10)11-8/h2-4,7,12H,5-6H2,1H3/t7-/m1/s1. The summed E-state index contributed by atoms with van der Waals surface area (Å²) in [6.07, 6.45) is 1.23. The van der Waals surface area contributed by atoms with Crippen LogP contribution in [-0.4, -0.2) is 16.2 Å². The minimum absolute atomic E-state index is 0.272. The second kappa shape index (κ2) is 4.43. The van der Waals surface area contributed by atoms with E-state index in [-0.39, 0.29) is 6.10 Å². The molecule has 1 aromatic heterocycles. The van der Waals surface area contributed by atoms with E-state index in [1.807, 2.05) is 12.1 Å². The summed E-state index contributed by atoms with van der Waals surface area (Å²) in [6, 6.07) is 5.52. The first-order valence-corrected chi connectivity index (χ1v) is 4.36. The normalized spacial score (nSPS) is 12.9. The monoisotopic (exact) mass is 185 g/mol. The molecule has 12 heavy (non-hydrogen) atoms. The molecule has 0 aliphatic heterocycles. The van der Waals surface area contributed by atoms with E-state index in [9.17, 15) is 0 Å². The van der Waals surface area contributed by atoms with Crippen LogP contribution < -0.4 is 0 Å².